The maximum Gasteiger partial charge on any atom is 0.0467 e. The van der Waals surface area contributed by atoms with Gasteiger partial charge in [0, 0.05) is 16.8 Å². The Morgan fingerprint density at radius 1 is 1.29 bits per heavy atom. The third kappa shape index (κ3) is 3.72. The summed E-state index contributed by atoms with van der Waals surface area (Å²) in [6.45, 7) is 8.64. The fourth-order valence-electron chi connectivity index (χ4n) is 1.15. The normalized spacial score (nSPS) is 10.9. The van der Waals surface area contributed by atoms with Crippen molar-refractivity contribution in [2.75, 3.05) is 5.88 Å². The van der Waals surface area contributed by atoms with Crippen LogP contribution in [-0.2, 0) is 0 Å². The lowest BCUT2D eigenvalue weighted by atomic mass is 10.2. The maximum atomic E-state index is 3.40. The molecule has 0 aliphatic rings. The van der Waals surface area contributed by atoms with Crippen molar-refractivity contribution in [3.63, 3.8) is 0 Å². The van der Waals surface area contributed by atoms with Crippen LogP contribution in [0.25, 0.3) is 0 Å². The number of rotatable bonds is 4. The van der Waals surface area contributed by atoms with Gasteiger partial charge >= 0.3 is 0 Å². The Bertz CT molecular complexity index is 294. The minimum atomic E-state index is 0.563. The van der Waals surface area contributed by atoms with Crippen molar-refractivity contribution in [1.29, 1.82) is 0 Å². The van der Waals surface area contributed by atoms with E-state index in [1.807, 2.05) is 11.8 Å². The van der Waals surface area contributed by atoms with Crippen LogP contribution < -0.4 is 5.32 Å². The summed E-state index contributed by atoms with van der Waals surface area (Å²) in [6, 6.07) is 7.16. The van der Waals surface area contributed by atoms with E-state index in [0.717, 1.165) is 5.88 Å². The molecule has 1 N–H and O–H groups in total. The van der Waals surface area contributed by atoms with Crippen LogP contribution in [0.15, 0.2) is 23.1 Å². The van der Waals surface area contributed by atoms with E-state index in [-0.39, 0.29) is 0 Å². The molecule has 1 aromatic rings. The second-order valence-corrected chi connectivity index (χ2v) is 4.93. The van der Waals surface area contributed by atoms with Gasteiger partial charge in [-0.15, -0.1) is 11.8 Å². The van der Waals surface area contributed by atoms with Gasteiger partial charge in [-0.3, -0.25) is 0 Å². The van der Waals surface area contributed by atoms with E-state index in [1.54, 1.807) is 0 Å². The van der Waals surface area contributed by atoms with Crippen LogP contribution in [0.1, 0.15) is 25.0 Å². The van der Waals surface area contributed by atoms with E-state index in [9.17, 15) is 0 Å². The Hall–Kier alpha value is -0.470. The summed E-state index contributed by atoms with van der Waals surface area (Å²) in [6.07, 6.45) is 0. The second kappa shape index (κ2) is 5.42. The Morgan fingerprint density at radius 2 is 2.00 bits per heavy atom. The highest BCUT2D eigenvalue weighted by atomic mass is 32.2. The lowest BCUT2D eigenvalue weighted by Gasteiger charge is -2.09. The highest BCUT2D eigenvalue weighted by molar-refractivity contribution is 7.99. The van der Waals surface area contributed by atoms with E-state index in [1.165, 1.54) is 16.0 Å². The molecule has 0 bridgehead atoms. The van der Waals surface area contributed by atoms with Crippen molar-refractivity contribution in [3.05, 3.63) is 29.3 Å². The van der Waals surface area contributed by atoms with E-state index >= 15 is 0 Å². The molecule has 0 saturated carbocycles. The number of nitrogens with one attached hydrogen (secondary N) is 1. The second-order valence-electron chi connectivity index (χ2n) is 3.92. The third-order valence-electron chi connectivity index (χ3n) is 2.06. The lowest BCUT2D eigenvalue weighted by Crippen LogP contribution is -2.21. The first-order valence-electron chi connectivity index (χ1n) is 5.03. The average Bonchev–Trinajstić information content (AvgIpc) is 2.10. The minimum Gasteiger partial charge on any atom is -0.305 e. The summed E-state index contributed by atoms with van der Waals surface area (Å²) in [5.74, 6) is 0.988. The first-order valence-corrected chi connectivity index (χ1v) is 6.01. The van der Waals surface area contributed by atoms with Crippen molar-refractivity contribution in [2.24, 2.45) is 0 Å². The zero-order chi connectivity index (χ0) is 10.6. The fourth-order valence-corrected chi connectivity index (χ4v) is 2.29. The van der Waals surface area contributed by atoms with Gasteiger partial charge in [-0.05, 0) is 25.5 Å². The van der Waals surface area contributed by atoms with Gasteiger partial charge in [-0.2, -0.15) is 0 Å². The standard InChI is InChI=1S/C12H19NS/c1-9(2)13-8-14-12-7-10(3)5-6-11(12)4/h5-7,9,13H,8H2,1-4H3. The number of thioether (sulfide) groups is 1. The predicted octanol–water partition coefficient (Wildman–Crippen LogP) is 3.35. The SMILES string of the molecule is Cc1ccc(C)c(SCNC(C)C)c1. The Morgan fingerprint density at radius 3 is 2.64 bits per heavy atom. The zero-order valence-corrected chi connectivity index (χ0v) is 10.2. The van der Waals surface area contributed by atoms with Crippen LogP contribution in [0, 0.1) is 13.8 Å². The molecule has 0 spiro atoms. The molecule has 0 aliphatic heterocycles. The fraction of sp³-hybridized carbons (Fsp3) is 0.500. The van der Waals surface area contributed by atoms with Crippen LogP contribution in [-0.4, -0.2) is 11.9 Å². The lowest BCUT2D eigenvalue weighted by molar-refractivity contribution is 0.654. The van der Waals surface area contributed by atoms with E-state index < -0.39 is 0 Å². The molecule has 1 nitrogen and oxygen atoms in total. The van der Waals surface area contributed by atoms with Crippen LogP contribution in [0.4, 0.5) is 0 Å². The van der Waals surface area contributed by atoms with Crippen LogP contribution in [0.3, 0.4) is 0 Å². The maximum absolute atomic E-state index is 3.40. The molecule has 0 heterocycles. The van der Waals surface area contributed by atoms with Crippen molar-refractivity contribution in [1.82, 2.24) is 5.32 Å². The van der Waals surface area contributed by atoms with Gasteiger partial charge in [0.05, 0.1) is 0 Å². The van der Waals surface area contributed by atoms with Gasteiger partial charge in [0.15, 0.2) is 0 Å². The van der Waals surface area contributed by atoms with Gasteiger partial charge in [0.1, 0.15) is 0 Å². The molecule has 0 aliphatic carbocycles. The molecule has 0 unspecified atom stereocenters. The third-order valence-corrected chi connectivity index (χ3v) is 3.12. The minimum absolute atomic E-state index is 0.563. The Labute approximate surface area is 91.3 Å². The van der Waals surface area contributed by atoms with E-state index in [2.05, 4.69) is 51.2 Å². The molecule has 0 atom stereocenters. The van der Waals surface area contributed by atoms with Gasteiger partial charge < -0.3 is 5.32 Å². The Balaban J connectivity index is 2.53. The largest absolute Gasteiger partial charge is 0.305 e. The Kier molecular flexibility index (Phi) is 4.49. The molecule has 2 heteroatoms. The summed E-state index contributed by atoms with van der Waals surface area (Å²) in [5.41, 5.74) is 2.70. The summed E-state index contributed by atoms with van der Waals surface area (Å²) in [4.78, 5) is 1.39. The predicted molar refractivity (Wildman–Crippen MR) is 64.9 cm³/mol. The summed E-state index contributed by atoms with van der Waals surface area (Å²) in [5, 5.41) is 3.40. The van der Waals surface area contributed by atoms with Crippen molar-refractivity contribution in [3.8, 4) is 0 Å². The molecule has 0 radical (unpaired) electrons. The molecule has 14 heavy (non-hydrogen) atoms. The highest BCUT2D eigenvalue weighted by Gasteiger charge is 1.99. The zero-order valence-electron chi connectivity index (χ0n) is 9.42. The van der Waals surface area contributed by atoms with Crippen molar-refractivity contribution >= 4 is 11.8 Å². The summed E-state index contributed by atoms with van der Waals surface area (Å²) < 4.78 is 0. The van der Waals surface area contributed by atoms with Gasteiger partial charge in [-0.25, -0.2) is 0 Å². The molecule has 1 rings (SSSR count). The number of benzene rings is 1. The summed E-state index contributed by atoms with van der Waals surface area (Å²) >= 11 is 1.88. The van der Waals surface area contributed by atoms with Crippen LogP contribution >= 0.6 is 11.8 Å². The molecule has 78 valence electrons. The van der Waals surface area contributed by atoms with Crippen molar-refractivity contribution < 1.29 is 0 Å². The summed E-state index contributed by atoms with van der Waals surface area (Å²) in [7, 11) is 0. The molecule has 0 amide bonds. The number of hydrogen-bond acceptors (Lipinski definition) is 2. The monoisotopic (exact) mass is 209 g/mol. The first-order chi connectivity index (χ1) is 6.59. The van der Waals surface area contributed by atoms with Gasteiger partial charge in [0.2, 0.25) is 0 Å². The molecule has 0 saturated heterocycles. The van der Waals surface area contributed by atoms with E-state index in [4.69, 9.17) is 0 Å². The smallest absolute Gasteiger partial charge is 0.0467 e. The van der Waals surface area contributed by atoms with Crippen LogP contribution in [0.5, 0.6) is 0 Å². The van der Waals surface area contributed by atoms with E-state index in [0.29, 0.717) is 6.04 Å². The molecule has 0 fully saturated rings. The molecule has 0 aromatic heterocycles. The molecule has 1 aromatic carbocycles. The van der Waals surface area contributed by atoms with Crippen molar-refractivity contribution in [2.45, 2.75) is 38.6 Å². The average molecular weight is 209 g/mol. The van der Waals surface area contributed by atoms with Gasteiger partial charge in [-0.1, -0.05) is 31.5 Å². The highest BCUT2D eigenvalue weighted by Crippen LogP contribution is 2.22. The molecular formula is C12H19NS. The topological polar surface area (TPSA) is 12.0 Å². The first kappa shape index (κ1) is 11.6. The quantitative estimate of drug-likeness (QED) is 0.603. The van der Waals surface area contributed by atoms with Crippen LogP contribution in [0.2, 0.25) is 0 Å². The number of hydrogen-bond donors (Lipinski definition) is 1. The number of aryl methyl sites for hydroxylation is 2. The van der Waals surface area contributed by atoms with Gasteiger partial charge in [0.25, 0.3) is 0 Å². The molecular weight excluding hydrogens is 190 g/mol.